The summed E-state index contributed by atoms with van der Waals surface area (Å²) in [5.74, 6) is -0.0781. The number of nitrogens with zero attached hydrogens (tertiary/aromatic N) is 1. The lowest BCUT2D eigenvalue weighted by Crippen LogP contribution is -2.05. The molecule has 0 aliphatic carbocycles. The van der Waals surface area contributed by atoms with Crippen LogP contribution >= 0.6 is 0 Å². The number of nitrogen functional groups attached to an aromatic ring is 1. The Morgan fingerprint density at radius 3 is 2.58 bits per heavy atom. The Labute approximate surface area is 110 Å². The summed E-state index contributed by atoms with van der Waals surface area (Å²) in [6, 6.07) is 15.2. The quantitative estimate of drug-likeness (QED) is 0.709. The standard InChI is InChI=1S/C16H12N2O/c17-15-10-18-8-7-14(15)16(19)13-6-5-11-3-1-2-4-12(11)9-13/h1-10H,17H2. The topological polar surface area (TPSA) is 56.0 Å². The molecule has 19 heavy (non-hydrogen) atoms. The number of anilines is 1. The molecular formula is C16H12N2O. The van der Waals surface area contributed by atoms with Crippen molar-refractivity contribution < 1.29 is 4.79 Å². The van der Waals surface area contributed by atoms with E-state index in [0.717, 1.165) is 10.8 Å². The number of nitrogens with two attached hydrogens (primary N) is 1. The maximum Gasteiger partial charge on any atom is 0.195 e. The van der Waals surface area contributed by atoms with E-state index in [1.54, 1.807) is 12.3 Å². The number of hydrogen-bond donors (Lipinski definition) is 1. The minimum atomic E-state index is -0.0781. The lowest BCUT2D eigenvalue weighted by Gasteiger charge is -2.05. The van der Waals surface area contributed by atoms with E-state index < -0.39 is 0 Å². The van der Waals surface area contributed by atoms with Gasteiger partial charge < -0.3 is 5.73 Å². The first kappa shape index (κ1) is 11.4. The van der Waals surface area contributed by atoms with E-state index in [4.69, 9.17) is 5.73 Å². The first-order chi connectivity index (χ1) is 9.25. The van der Waals surface area contributed by atoms with Crippen molar-refractivity contribution in [3.05, 3.63) is 72.1 Å². The van der Waals surface area contributed by atoms with Crippen LogP contribution in [0.25, 0.3) is 10.8 Å². The number of aromatic nitrogens is 1. The summed E-state index contributed by atoms with van der Waals surface area (Å²) in [6.07, 6.45) is 3.07. The summed E-state index contributed by atoms with van der Waals surface area (Å²) in [7, 11) is 0. The molecular weight excluding hydrogens is 236 g/mol. The second-order valence-electron chi connectivity index (χ2n) is 4.35. The number of carbonyl (C=O) groups is 1. The van der Waals surface area contributed by atoms with E-state index >= 15 is 0 Å². The fourth-order valence-corrected chi connectivity index (χ4v) is 2.10. The number of benzene rings is 2. The molecule has 0 radical (unpaired) electrons. The van der Waals surface area contributed by atoms with Crippen molar-refractivity contribution in [2.75, 3.05) is 5.73 Å². The van der Waals surface area contributed by atoms with E-state index in [2.05, 4.69) is 4.98 Å². The predicted octanol–water partition coefficient (Wildman–Crippen LogP) is 3.05. The molecule has 3 nitrogen and oxygen atoms in total. The van der Waals surface area contributed by atoms with Crippen molar-refractivity contribution >= 4 is 22.2 Å². The monoisotopic (exact) mass is 248 g/mol. The molecule has 3 aromatic rings. The number of pyridine rings is 1. The number of fused-ring (bicyclic) bond motifs is 1. The van der Waals surface area contributed by atoms with Gasteiger partial charge in [0.15, 0.2) is 5.78 Å². The van der Waals surface area contributed by atoms with Crippen molar-refractivity contribution in [3.63, 3.8) is 0 Å². The summed E-state index contributed by atoms with van der Waals surface area (Å²) in [5, 5.41) is 2.16. The molecule has 0 aliphatic heterocycles. The highest BCUT2D eigenvalue weighted by Crippen LogP contribution is 2.20. The molecule has 0 spiro atoms. The van der Waals surface area contributed by atoms with Crippen LogP contribution in [-0.4, -0.2) is 10.8 Å². The van der Waals surface area contributed by atoms with E-state index in [1.807, 2.05) is 42.5 Å². The summed E-state index contributed by atoms with van der Waals surface area (Å²) in [6.45, 7) is 0. The van der Waals surface area contributed by atoms with Gasteiger partial charge in [0.2, 0.25) is 0 Å². The number of ketones is 1. The zero-order valence-corrected chi connectivity index (χ0v) is 10.2. The maximum atomic E-state index is 12.4. The number of rotatable bonds is 2. The van der Waals surface area contributed by atoms with E-state index in [0.29, 0.717) is 16.8 Å². The summed E-state index contributed by atoms with van der Waals surface area (Å²) in [4.78, 5) is 16.3. The third-order valence-corrected chi connectivity index (χ3v) is 3.11. The SMILES string of the molecule is Nc1cnccc1C(=O)c1ccc2ccccc2c1. The molecule has 2 N–H and O–H groups in total. The molecule has 1 heterocycles. The van der Waals surface area contributed by atoms with Gasteiger partial charge in [-0.15, -0.1) is 0 Å². The minimum absolute atomic E-state index is 0.0781. The summed E-state index contributed by atoms with van der Waals surface area (Å²) < 4.78 is 0. The van der Waals surface area contributed by atoms with Gasteiger partial charge in [-0.05, 0) is 22.9 Å². The first-order valence-corrected chi connectivity index (χ1v) is 5.99. The van der Waals surface area contributed by atoms with Crippen LogP contribution in [0.15, 0.2) is 60.9 Å². The van der Waals surface area contributed by atoms with Crippen molar-refractivity contribution in [2.45, 2.75) is 0 Å². The average Bonchev–Trinajstić information content (AvgIpc) is 2.46. The molecule has 3 heteroatoms. The van der Waals surface area contributed by atoms with Gasteiger partial charge in [-0.1, -0.05) is 36.4 Å². The van der Waals surface area contributed by atoms with Gasteiger partial charge in [-0.25, -0.2) is 0 Å². The van der Waals surface area contributed by atoms with Crippen LogP contribution < -0.4 is 5.73 Å². The summed E-state index contributed by atoms with van der Waals surface area (Å²) in [5.41, 5.74) is 7.32. The number of hydrogen-bond acceptors (Lipinski definition) is 3. The van der Waals surface area contributed by atoms with Gasteiger partial charge in [-0.3, -0.25) is 9.78 Å². The molecule has 3 rings (SSSR count). The normalized spacial score (nSPS) is 10.5. The first-order valence-electron chi connectivity index (χ1n) is 5.99. The zero-order valence-electron chi connectivity index (χ0n) is 10.2. The Kier molecular flexibility index (Phi) is 2.72. The van der Waals surface area contributed by atoms with Gasteiger partial charge >= 0.3 is 0 Å². The smallest absolute Gasteiger partial charge is 0.195 e. The molecule has 0 saturated carbocycles. The third kappa shape index (κ3) is 2.06. The van der Waals surface area contributed by atoms with Crippen LogP contribution in [0.3, 0.4) is 0 Å². The summed E-state index contributed by atoms with van der Waals surface area (Å²) >= 11 is 0. The van der Waals surface area contributed by atoms with Crippen molar-refractivity contribution in [3.8, 4) is 0 Å². The van der Waals surface area contributed by atoms with Crippen LogP contribution in [0.2, 0.25) is 0 Å². The van der Waals surface area contributed by atoms with E-state index in [9.17, 15) is 4.79 Å². The van der Waals surface area contributed by atoms with Crippen LogP contribution in [0.5, 0.6) is 0 Å². The maximum absolute atomic E-state index is 12.4. The van der Waals surface area contributed by atoms with Gasteiger partial charge in [0.05, 0.1) is 11.9 Å². The van der Waals surface area contributed by atoms with Crippen LogP contribution in [-0.2, 0) is 0 Å². The van der Waals surface area contributed by atoms with Crippen LogP contribution in [0.4, 0.5) is 5.69 Å². The van der Waals surface area contributed by atoms with Gasteiger partial charge in [0.1, 0.15) is 0 Å². The highest BCUT2D eigenvalue weighted by molar-refractivity contribution is 6.13. The Morgan fingerprint density at radius 1 is 1.00 bits per heavy atom. The Bertz CT molecular complexity index is 765. The van der Waals surface area contributed by atoms with E-state index in [-0.39, 0.29) is 5.78 Å². The molecule has 1 aromatic heterocycles. The Morgan fingerprint density at radius 2 is 1.79 bits per heavy atom. The highest BCUT2D eigenvalue weighted by atomic mass is 16.1. The average molecular weight is 248 g/mol. The zero-order chi connectivity index (χ0) is 13.2. The van der Waals surface area contributed by atoms with Crippen molar-refractivity contribution in [1.29, 1.82) is 0 Å². The largest absolute Gasteiger partial charge is 0.397 e. The fraction of sp³-hybridized carbons (Fsp3) is 0. The second kappa shape index (κ2) is 4.53. The molecule has 0 saturated heterocycles. The fourth-order valence-electron chi connectivity index (χ4n) is 2.10. The lowest BCUT2D eigenvalue weighted by atomic mass is 10.00. The van der Waals surface area contributed by atoms with E-state index in [1.165, 1.54) is 6.20 Å². The Balaban J connectivity index is 2.09. The number of carbonyl (C=O) groups excluding carboxylic acids is 1. The molecule has 0 fully saturated rings. The van der Waals surface area contributed by atoms with Crippen LogP contribution in [0, 0.1) is 0 Å². The predicted molar refractivity (Wildman–Crippen MR) is 76.0 cm³/mol. The van der Waals surface area contributed by atoms with Crippen molar-refractivity contribution in [2.24, 2.45) is 0 Å². The molecule has 2 aromatic carbocycles. The van der Waals surface area contributed by atoms with Crippen LogP contribution in [0.1, 0.15) is 15.9 Å². The molecule has 0 aliphatic rings. The molecule has 0 bridgehead atoms. The van der Waals surface area contributed by atoms with Gasteiger partial charge in [0.25, 0.3) is 0 Å². The second-order valence-corrected chi connectivity index (χ2v) is 4.35. The van der Waals surface area contributed by atoms with Gasteiger partial charge in [-0.2, -0.15) is 0 Å². The minimum Gasteiger partial charge on any atom is -0.397 e. The Hall–Kier alpha value is -2.68. The molecule has 0 amide bonds. The molecule has 0 unspecified atom stereocenters. The third-order valence-electron chi connectivity index (χ3n) is 3.11. The molecule has 0 atom stereocenters. The molecule has 92 valence electrons. The van der Waals surface area contributed by atoms with Crippen molar-refractivity contribution in [1.82, 2.24) is 4.98 Å². The highest BCUT2D eigenvalue weighted by Gasteiger charge is 2.12. The lowest BCUT2D eigenvalue weighted by molar-refractivity contribution is 0.103. The van der Waals surface area contributed by atoms with Gasteiger partial charge in [0, 0.05) is 17.3 Å².